The summed E-state index contributed by atoms with van der Waals surface area (Å²) in [5.74, 6) is 0.756. The van der Waals surface area contributed by atoms with E-state index in [4.69, 9.17) is 0 Å². The molecule has 2 N–H and O–H groups in total. The van der Waals surface area contributed by atoms with Crippen molar-refractivity contribution in [3.8, 4) is 0 Å². The van der Waals surface area contributed by atoms with Gasteiger partial charge >= 0.3 is 0 Å². The summed E-state index contributed by atoms with van der Waals surface area (Å²) in [6.07, 6.45) is 2.76. The Morgan fingerprint density at radius 2 is 2.33 bits per heavy atom. The molecule has 0 amide bonds. The molecule has 0 aliphatic rings. The minimum absolute atomic E-state index is 0.308. The number of hydrogen-bond acceptors (Lipinski definition) is 5. The Morgan fingerprint density at radius 3 is 2.94 bits per heavy atom. The molecule has 2 aromatic rings. The lowest BCUT2D eigenvalue weighted by Gasteiger charge is -2.04. The maximum Gasteiger partial charge on any atom is 0.251 e. The zero-order valence-electron chi connectivity index (χ0n) is 9.26. The summed E-state index contributed by atoms with van der Waals surface area (Å²) in [5, 5.41) is 8.18. The smallest absolute Gasteiger partial charge is 0.251 e. The van der Waals surface area contributed by atoms with E-state index in [-0.39, 0.29) is 0 Å². The first-order valence-corrected chi connectivity index (χ1v) is 8.32. The molecule has 9 heteroatoms. The summed E-state index contributed by atoms with van der Waals surface area (Å²) in [4.78, 5) is 3.96. The van der Waals surface area contributed by atoms with Crippen molar-refractivity contribution in [3.05, 3.63) is 28.1 Å². The van der Waals surface area contributed by atoms with E-state index in [0.29, 0.717) is 28.1 Å². The van der Waals surface area contributed by atoms with Crippen LogP contribution in [0.5, 0.6) is 0 Å². The van der Waals surface area contributed by atoms with Crippen LogP contribution in [0, 0.1) is 0 Å². The summed E-state index contributed by atoms with van der Waals surface area (Å²) >= 11 is 4.40. The first-order chi connectivity index (χ1) is 8.59. The van der Waals surface area contributed by atoms with E-state index in [1.54, 1.807) is 11.4 Å². The summed E-state index contributed by atoms with van der Waals surface area (Å²) in [6, 6.07) is 1.72. The predicted molar refractivity (Wildman–Crippen MR) is 71.9 cm³/mol. The molecule has 18 heavy (non-hydrogen) atoms. The van der Waals surface area contributed by atoms with Crippen molar-refractivity contribution in [3.63, 3.8) is 0 Å². The van der Waals surface area contributed by atoms with E-state index in [0.717, 1.165) is 5.82 Å². The molecule has 2 rings (SSSR count). The number of aromatic nitrogens is 3. The van der Waals surface area contributed by atoms with Crippen molar-refractivity contribution in [1.29, 1.82) is 0 Å². The van der Waals surface area contributed by atoms with Crippen LogP contribution in [-0.2, 0) is 16.4 Å². The average Bonchev–Trinajstić information content (AvgIpc) is 2.95. The third-order valence-corrected chi connectivity index (χ3v) is 6.31. The van der Waals surface area contributed by atoms with Crippen LogP contribution in [0.2, 0.25) is 0 Å². The van der Waals surface area contributed by atoms with E-state index < -0.39 is 10.0 Å². The second-order valence-corrected chi connectivity index (χ2v) is 7.22. The van der Waals surface area contributed by atoms with Crippen molar-refractivity contribution >= 4 is 37.3 Å². The summed E-state index contributed by atoms with van der Waals surface area (Å²) in [6.45, 7) is 0.368. The largest absolute Gasteiger partial charge is 0.263 e. The zero-order chi connectivity index (χ0) is 13.0. The highest BCUT2D eigenvalue weighted by molar-refractivity contribution is 9.10. The minimum Gasteiger partial charge on any atom is -0.263 e. The molecular formula is C9H11BrN4O2S2. The lowest BCUT2D eigenvalue weighted by Crippen LogP contribution is -2.24. The summed E-state index contributed by atoms with van der Waals surface area (Å²) in [7, 11) is -3.41. The maximum atomic E-state index is 11.9. The van der Waals surface area contributed by atoms with E-state index >= 15 is 0 Å². The monoisotopic (exact) mass is 350 g/mol. The minimum atomic E-state index is -3.41. The average molecular weight is 351 g/mol. The molecule has 0 atom stereocenters. The number of halogens is 1. The highest BCUT2D eigenvalue weighted by atomic mass is 79.9. The van der Waals surface area contributed by atoms with Crippen molar-refractivity contribution in [1.82, 2.24) is 19.9 Å². The molecule has 0 aliphatic heterocycles. The molecule has 0 spiro atoms. The van der Waals surface area contributed by atoms with Crippen LogP contribution >= 0.6 is 27.3 Å². The Labute approximate surface area is 117 Å². The van der Waals surface area contributed by atoms with Crippen LogP contribution < -0.4 is 4.72 Å². The zero-order valence-corrected chi connectivity index (χ0v) is 12.5. The van der Waals surface area contributed by atoms with Crippen LogP contribution in [0.15, 0.2) is 26.5 Å². The quantitative estimate of drug-likeness (QED) is 0.773. The molecule has 0 fully saturated rings. The van der Waals surface area contributed by atoms with E-state index in [9.17, 15) is 8.42 Å². The van der Waals surface area contributed by atoms with Crippen LogP contribution in [0.3, 0.4) is 0 Å². The topological polar surface area (TPSA) is 87.7 Å². The van der Waals surface area contributed by atoms with Gasteiger partial charge in [0.05, 0.1) is 0 Å². The fourth-order valence-corrected chi connectivity index (χ4v) is 4.81. The van der Waals surface area contributed by atoms with E-state index in [1.165, 1.54) is 17.7 Å². The fourth-order valence-electron chi connectivity index (χ4n) is 1.35. The Morgan fingerprint density at radius 1 is 1.50 bits per heavy atom. The van der Waals surface area contributed by atoms with Gasteiger partial charge in [-0.3, -0.25) is 5.10 Å². The number of aryl methyl sites for hydroxylation is 1. The number of nitrogens with one attached hydrogen (secondary N) is 2. The number of hydrogen-bond donors (Lipinski definition) is 2. The van der Waals surface area contributed by atoms with Gasteiger partial charge in [0, 0.05) is 17.4 Å². The van der Waals surface area contributed by atoms with Gasteiger partial charge < -0.3 is 0 Å². The van der Waals surface area contributed by atoms with Crippen LogP contribution in [0.1, 0.15) is 12.2 Å². The molecule has 0 unspecified atom stereocenters. The van der Waals surface area contributed by atoms with Crippen molar-refractivity contribution in [2.24, 2.45) is 0 Å². The molecule has 0 radical (unpaired) electrons. The third kappa shape index (κ3) is 3.37. The normalized spacial score (nSPS) is 11.8. The van der Waals surface area contributed by atoms with Gasteiger partial charge in [-0.25, -0.2) is 18.1 Å². The number of rotatable bonds is 6. The van der Waals surface area contributed by atoms with E-state index in [1.807, 2.05) is 0 Å². The Kier molecular flexibility index (Phi) is 4.49. The van der Waals surface area contributed by atoms with Gasteiger partial charge in [0.2, 0.25) is 0 Å². The Bertz CT molecular complexity index is 594. The number of H-pyrrole nitrogens is 1. The molecule has 2 aromatic heterocycles. The van der Waals surface area contributed by atoms with Crippen molar-refractivity contribution in [2.45, 2.75) is 17.1 Å². The maximum absolute atomic E-state index is 11.9. The lowest BCUT2D eigenvalue weighted by atomic mass is 10.3. The molecule has 0 bridgehead atoms. The van der Waals surface area contributed by atoms with Gasteiger partial charge in [-0.05, 0) is 33.8 Å². The number of thiophene rings is 1. The number of aromatic amines is 1. The molecule has 6 nitrogen and oxygen atoms in total. The van der Waals surface area contributed by atoms with Gasteiger partial charge in [0.25, 0.3) is 10.0 Å². The van der Waals surface area contributed by atoms with Crippen molar-refractivity contribution in [2.75, 3.05) is 6.54 Å². The number of nitrogens with zero attached hydrogens (tertiary/aromatic N) is 2. The van der Waals surface area contributed by atoms with Gasteiger partial charge in [-0.2, -0.15) is 5.10 Å². The Balaban J connectivity index is 1.85. The SMILES string of the molecule is O=S(=O)(NCCCc1ncn[nH]1)c1sccc1Br. The van der Waals surface area contributed by atoms with Gasteiger partial charge in [0.1, 0.15) is 16.4 Å². The standard InChI is InChI=1S/C9H11BrN4O2S2/c10-7-3-5-17-9(7)18(15,16)13-4-1-2-8-11-6-12-14-8/h3,5-6,13H,1-2,4H2,(H,11,12,14). The first kappa shape index (κ1) is 13.7. The van der Waals surface area contributed by atoms with Crippen LogP contribution in [-0.4, -0.2) is 30.1 Å². The third-order valence-electron chi connectivity index (χ3n) is 2.18. The molecular weight excluding hydrogens is 340 g/mol. The van der Waals surface area contributed by atoms with Gasteiger partial charge in [0.15, 0.2) is 0 Å². The molecule has 2 heterocycles. The highest BCUT2D eigenvalue weighted by Crippen LogP contribution is 2.27. The molecule has 0 saturated heterocycles. The highest BCUT2D eigenvalue weighted by Gasteiger charge is 2.18. The predicted octanol–water partition coefficient (Wildman–Crippen LogP) is 1.54. The summed E-state index contributed by atoms with van der Waals surface area (Å²) in [5.41, 5.74) is 0. The van der Waals surface area contributed by atoms with Gasteiger partial charge in [-0.15, -0.1) is 11.3 Å². The van der Waals surface area contributed by atoms with E-state index in [2.05, 4.69) is 35.8 Å². The second-order valence-electron chi connectivity index (χ2n) is 3.49. The number of sulfonamides is 1. The molecule has 0 saturated carbocycles. The fraction of sp³-hybridized carbons (Fsp3) is 0.333. The van der Waals surface area contributed by atoms with Crippen molar-refractivity contribution < 1.29 is 8.42 Å². The molecule has 0 aliphatic carbocycles. The van der Waals surface area contributed by atoms with Crippen LogP contribution in [0.25, 0.3) is 0 Å². The molecule has 0 aromatic carbocycles. The Hall–Kier alpha value is -0.770. The molecule has 98 valence electrons. The van der Waals surface area contributed by atoms with Gasteiger partial charge in [-0.1, -0.05) is 0 Å². The van der Waals surface area contributed by atoms with Crippen LogP contribution in [0.4, 0.5) is 0 Å². The second kappa shape index (κ2) is 5.91. The lowest BCUT2D eigenvalue weighted by molar-refractivity contribution is 0.580. The summed E-state index contributed by atoms with van der Waals surface area (Å²) < 4.78 is 27.3. The first-order valence-electron chi connectivity index (χ1n) is 5.16.